The number of hydrogen-bond donors (Lipinski definition) is 1. The van der Waals surface area contributed by atoms with Gasteiger partial charge in [-0.2, -0.15) is 11.8 Å². The van der Waals surface area contributed by atoms with E-state index in [-0.39, 0.29) is 10.5 Å². The molecule has 1 aliphatic rings. The lowest BCUT2D eigenvalue weighted by molar-refractivity contribution is -0.133. The lowest BCUT2D eigenvalue weighted by Crippen LogP contribution is -2.15. The molecule has 3 rings (SSSR count). The first-order chi connectivity index (χ1) is 10.0. The van der Waals surface area contributed by atoms with E-state index in [0.29, 0.717) is 5.02 Å². The Morgan fingerprint density at radius 3 is 2.90 bits per heavy atom. The normalized spacial score (nSPS) is 16.3. The lowest BCUT2D eigenvalue weighted by Gasteiger charge is -2.16. The fourth-order valence-electron chi connectivity index (χ4n) is 2.36. The van der Waals surface area contributed by atoms with Gasteiger partial charge in [0.1, 0.15) is 0 Å². The van der Waals surface area contributed by atoms with Gasteiger partial charge in [0.25, 0.3) is 0 Å². The zero-order valence-electron chi connectivity index (χ0n) is 11.5. The van der Waals surface area contributed by atoms with Gasteiger partial charge in [-0.3, -0.25) is 4.79 Å². The monoisotopic (exact) mass is 342 g/mol. The summed E-state index contributed by atoms with van der Waals surface area (Å²) in [5, 5.41) is 10.3. The highest BCUT2D eigenvalue weighted by atomic mass is 35.5. The summed E-state index contributed by atoms with van der Waals surface area (Å²) in [5.74, 6) is -0.830. The smallest absolute Gasteiger partial charge is 0.313 e. The van der Waals surface area contributed by atoms with Crippen molar-refractivity contribution in [2.75, 3.05) is 12.0 Å². The van der Waals surface area contributed by atoms with E-state index in [2.05, 4.69) is 15.8 Å². The Hall–Kier alpha value is -0.850. The molecule has 4 nitrogen and oxygen atoms in total. The Bertz CT molecular complexity index is 698. The summed E-state index contributed by atoms with van der Waals surface area (Å²) in [6.07, 6.45) is 4.49. The van der Waals surface area contributed by atoms with Crippen LogP contribution < -0.4 is 0 Å². The molecule has 1 fully saturated rings. The molecule has 0 amide bonds. The molecule has 0 atom stereocenters. The number of aliphatic carboxylic acids is 1. The Labute approximate surface area is 136 Å². The summed E-state index contributed by atoms with van der Waals surface area (Å²) in [6.45, 7) is 0.830. The molecule has 0 aliphatic heterocycles. The zero-order valence-corrected chi connectivity index (χ0v) is 13.9. The highest BCUT2D eigenvalue weighted by Crippen LogP contribution is 2.49. The van der Waals surface area contributed by atoms with E-state index >= 15 is 0 Å². The van der Waals surface area contributed by atoms with Crippen LogP contribution in [-0.2, 0) is 11.3 Å². The second-order valence-electron chi connectivity index (χ2n) is 5.16. The van der Waals surface area contributed by atoms with Crippen molar-refractivity contribution in [3.8, 4) is 0 Å². The van der Waals surface area contributed by atoms with Gasteiger partial charge in [0.15, 0.2) is 5.16 Å². The standard InChI is InChI=1S/C14H15ClN2O2S2/c1-20-14(5-6-14)8-17-12-9(15)3-2-4-10(12)16-13(17)21-7-11(18)19/h2-4H,5-8H2,1H3,(H,18,19). The van der Waals surface area contributed by atoms with E-state index in [9.17, 15) is 4.79 Å². The molecule has 7 heteroatoms. The maximum absolute atomic E-state index is 10.8. The van der Waals surface area contributed by atoms with Gasteiger partial charge in [-0.25, -0.2) is 4.98 Å². The number of carboxylic acid groups (broad SMARTS) is 1. The number of benzene rings is 1. The molecule has 1 aliphatic carbocycles. The summed E-state index contributed by atoms with van der Waals surface area (Å²) < 4.78 is 2.35. The number of thioether (sulfide) groups is 2. The van der Waals surface area contributed by atoms with E-state index in [0.717, 1.165) is 22.7 Å². The number of hydrogen-bond acceptors (Lipinski definition) is 4. The van der Waals surface area contributed by atoms with E-state index in [1.165, 1.54) is 24.6 Å². The molecule has 1 aromatic carbocycles. The Morgan fingerprint density at radius 2 is 2.29 bits per heavy atom. The van der Waals surface area contributed by atoms with Crippen molar-refractivity contribution in [2.45, 2.75) is 29.3 Å². The molecule has 0 unspecified atom stereocenters. The van der Waals surface area contributed by atoms with Gasteiger partial charge >= 0.3 is 5.97 Å². The molecule has 2 aromatic rings. The van der Waals surface area contributed by atoms with Crippen molar-refractivity contribution in [2.24, 2.45) is 0 Å². The summed E-state index contributed by atoms with van der Waals surface area (Å²) in [6, 6.07) is 5.64. The molecule has 1 N–H and O–H groups in total. The fraction of sp³-hybridized carbons (Fsp3) is 0.429. The number of carboxylic acids is 1. The van der Waals surface area contributed by atoms with Gasteiger partial charge in [-0.15, -0.1) is 0 Å². The van der Waals surface area contributed by atoms with Crippen molar-refractivity contribution < 1.29 is 9.90 Å². The molecule has 21 heavy (non-hydrogen) atoms. The minimum Gasteiger partial charge on any atom is -0.481 e. The van der Waals surface area contributed by atoms with Gasteiger partial charge in [-0.05, 0) is 31.2 Å². The van der Waals surface area contributed by atoms with Gasteiger partial charge < -0.3 is 9.67 Å². The van der Waals surface area contributed by atoms with Crippen molar-refractivity contribution in [1.29, 1.82) is 0 Å². The first-order valence-electron chi connectivity index (χ1n) is 6.59. The first kappa shape index (κ1) is 15.1. The summed E-state index contributed by atoms with van der Waals surface area (Å²) in [5.41, 5.74) is 1.74. The molecule has 1 heterocycles. The third-order valence-corrected chi connectivity index (χ3v) is 6.36. The molecule has 1 aromatic heterocycles. The van der Waals surface area contributed by atoms with Gasteiger partial charge in [0.05, 0.1) is 21.8 Å². The number of rotatable bonds is 6. The van der Waals surface area contributed by atoms with Crippen LogP contribution >= 0.6 is 35.1 Å². The molecular weight excluding hydrogens is 328 g/mol. The number of para-hydroxylation sites is 1. The molecule has 112 valence electrons. The van der Waals surface area contributed by atoms with Crippen LogP contribution in [0, 0.1) is 0 Å². The predicted molar refractivity (Wildman–Crippen MR) is 88.6 cm³/mol. The third-order valence-electron chi connectivity index (χ3n) is 3.69. The number of halogens is 1. The van der Waals surface area contributed by atoms with Crippen LogP contribution in [0.4, 0.5) is 0 Å². The van der Waals surface area contributed by atoms with Gasteiger partial charge in [0, 0.05) is 11.3 Å². The highest BCUT2D eigenvalue weighted by Gasteiger charge is 2.43. The van der Waals surface area contributed by atoms with Crippen LogP contribution in [0.2, 0.25) is 5.02 Å². The highest BCUT2D eigenvalue weighted by molar-refractivity contribution is 8.00. The van der Waals surface area contributed by atoms with Crippen molar-refractivity contribution >= 4 is 52.1 Å². The summed E-state index contributed by atoms with van der Waals surface area (Å²) in [4.78, 5) is 15.4. The van der Waals surface area contributed by atoms with Gasteiger partial charge in [0.2, 0.25) is 0 Å². The van der Waals surface area contributed by atoms with E-state index in [4.69, 9.17) is 16.7 Å². The molecule has 0 saturated heterocycles. The predicted octanol–water partition coefficient (Wildman–Crippen LogP) is 3.76. The van der Waals surface area contributed by atoms with Crippen molar-refractivity contribution in [3.63, 3.8) is 0 Å². The molecule has 1 saturated carbocycles. The quantitative estimate of drug-likeness (QED) is 0.810. The fourth-order valence-corrected chi connectivity index (χ4v) is 4.13. The SMILES string of the molecule is CSC1(Cn2c(SCC(=O)O)nc3cccc(Cl)c32)CC1. The largest absolute Gasteiger partial charge is 0.481 e. The van der Waals surface area contributed by atoms with E-state index in [1.807, 2.05) is 30.0 Å². The van der Waals surface area contributed by atoms with Crippen molar-refractivity contribution in [3.05, 3.63) is 23.2 Å². The Balaban J connectivity index is 2.03. The molecule has 0 bridgehead atoms. The molecule has 0 radical (unpaired) electrons. The molecular formula is C14H15ClN2O2S2. The Kier molecular flexibility index (Phi) is 4.12. The third kappa shape index (κ3) is 3.03. The average Bonchev–Trinajstić information content (AvgIpc) is 3.13. The number of carbonyl (C=O) groups is 1. The summed E-state index contributed by atoms with van der Waals surface area (Å²) in [7, 11) is 0. The Morgan fingerprint density at radius 1 is 1.52 bits per heavy atom. The topological polar surface area (TPSA) is 55.1 Å². The molecule has 0 spiro atoms. The minimum atomic E-state index is -0.837. The van der Waals surface area contributed by atoms with Crippen molar-refractivity contribution in [1.82, 2.24) is 9.55 Å². The maximum Gasteiger partial charge on any atom is 0.313 e. The van der Waals surface area contributed by atoms with Crippen LogP contribution in [0.15, 0.2) is 23.4 Å². The van der Waals surface area contributed by atoms with Crippen LogP contribution in [-0.4, -0.2) is 37.4 Å². The number of nitrogens with zero attached hydrogens (tertiary/aromatic N) is 2. The average molecular weight is 343 g/mol. The van der Waals surface area contributed by atoms with E-state index in [1.54, 1.807) is 0 Å². The van der Waals surface area contributed by atoms with Crippen LogP contribution in [0.5, 0.6) is 0 Å². The second-order valence-corrected chi connectivity index (χ2v) is 7.78. The maximum atomic E-state index is 10.8. The van der Waals surface area contributed by atoms with Crippen LogP contribution in [0.1, 0.15) is 12.8 Å². The minimum absolute atomic E-state index is 0.00715. The second kappa shape index (κ2) is 5.74. The number of aromatic nitrogens is 2. The van der Waals surface area contributed by atoms with Crippen LogP contribution in [0.3, 0.4) is 0 Å². The van der Waals surface area contributed by atoms with Crippen LogP contribution in [0.25, 0.3) is 11.0 Å². The zero-order chi connectivity index (χ0) is 15.0. The van der Waals surface area contributed by atoms with Gasteiger partial charge in [-0.1, -0.05) is 29.4 Å². The summed E-state index contributed by atoms with van der Waals surface area (Å²) >= 11 is 9.46. The van der Waals surface area contributed by atoms with E-state index < -0.39 is 5.97 Å². The number of imidazole rings is 1. The first-order valence-corrected chi connectivity index (χ1v) is 9.18. The number of fused-ring (bicyclic) bond motifs is 1. The lowest BCUT2D eigenvalue weighted by atomic mass is 10.3.